The Morgan fingerprint density at radius 3 is 2.36 bits per heavy atom. The zero-order valence-electron chi connectivity index (χ0n) is 13.8. The molecule has 1 aromatic heterocycles. The lowest BCUT2D eigenvalue weighted by atomic mass is 10.2. The fourth-order valence-electron chi connectivity index (χ4n) is 1.48. The highest BCUT2D eigenvalue weighted by atomic mass is 35.5. The smallest absolute Gasteiger partial charge is 0.223 e. The van der Waals surface area contributed by atoms with Crippen molar-refractivity contribution < 1.29 is 0 Å². The van der Waals surface area contributed by atoms with Gasteiger partial charge in [0.05, 0.1) is 17.5 Å². The molecule has 0 radical (unpaired) electrons. The molecule has 1 aromatic carbocycles. The van der Waals surface area contributed by atoms with Crippen molar-refractivity contribution in [2.24, 2.45) is 0 Å². The summed E-state index contributed by atoms with van der Waals surface area (Å²) in [6.45, 7) is 10.3. The van der Waals surface area contributed by atoms with Gasteiger partial charge in [0.15, 0.2) is 0 Å². The van der Waals surface area contributed by atoms with Gasteiger partial charge in [0.1, 0.15) is 6.07 Å². The first-order valence-electron chi connectivity index (χ1n) is 7.41. The molecular formula is C17H23ClN4. The summed E-state index contributed by atoms with van der Waals surface area (Å²) in [7, 11) is 0. The van der Waals surface area contributed by atoms with Gasteiger partial charge in [0.25, 0.3) is 0 Å². The number of hydrogen-bond acceptors (Lipinski definition) is 4. The number of nitriles is 1. The van der Waals surface area contributed by atoms with Crippen LogP contribution in [0.2, 0.25) is 5.02 Å². The Kier molecular flexibility index (Phi) is 10.4. The molecule has 2 rings (SSSR count). The predicted octanol–water partition coefficient (Wildman–Crippen LogP) is 4.97. The van der Waals surface area contributed by atoms with Gasteiger partial charge in [0, 0.05) is 11.6 Å². The molecule has 22 heavy (non-hydrogen) atoms. The molecular weight excluding hydrogens is 296 g/mol. The molecule has 0 unspecified atom stereocenters. The fraction of sp³-hybridized carbons (Fsp3) is 0.353. The molecule has 0 aliphatic carbocycles. The summed E-state index contributed by atoms with van der Waals surface area (Å²) in [5.41, 5.74) is 2.12. The number of nitrogens with zero attached hydrogens (tertiary/aromatic N) is 3. The molecule has 1 heterocycles. The number of rotatable bonds is 3. The second-order valence-corrected chi connectivity index (χ2v) is 4.16. The van der Waals surface area contributed by atoms with Crippen molar-refractivity contribution in [1.29, 1.82) is 5.26 Å². The number of anilines is 1. The van der Waals surface area contributed by atoms with Crippen LogP contribution < -0.4 is 5.32 Å². The first kappa shape index (κ1) is 19.9. The van der Waals surface area contributed by atoms with Crippen molar-refractivity contribution in [2.45, 2.75) is 41.2 Å². The van der Waals surface area contributed by atoms with E-state index in [0.717, 1.165) is 5.56 Å². The van der Waals surface area contributed by atoms with Crippen molar-refractivity contribution in [1.82, 2.24) is 9.97 Å². The highest BCUT2D eigenvalue weighted by Gasteiger charge is 2.03. The maximum atomic E-state index is 8.79. The van der Waals surface area contributed by atoms with Crippen LogP contribution in [0.3, 0.4) is 0 Å². The van der Waals surface area contributed by atoms with Gasteiger partial charge in [-0.2, -0.15) is 5.26 Å². The summed E-state index contributed by atoms with van der Waals surface area (Å²) in [5, 5.41) is 12.6. The molecule has 0 amide bonds. The zero-order valence-corrected chi connectivity index (χ0v) is 14.6. The van der Waals surface area contributed by atoms with E-state index in [1.807, 2.05) is 58.0 Å². The summed E-state index contributed by atoms with van der Waals surface area (Å²) >= 11 is 6.05. The van der Waals surface area contributed by atoms with Crippen molar-refractivity contribution in [3.8, 4) is 6.07 Å². The van der Waals surface area contributed by atoms with E-state index in [1.54, 1.807) is 6.92 Å². The van der Waals surface area contributed by atoms with E-state index in [1.165, 1.54) is 6.20 Å². The number of aromatic nitrogens is 2. The second kappa shape index (κ2) is 11.5. The van der Waals surface area contributed by atoms with E-state index in [2.05, 4.69) is 15.3 Å². The van der Waals surface area contributed by atoms with Gasteiger partial charge in [-0.15, -0.1) is 0 Å². The van der Waals surface area contributed by atoms with E-state index in [0.29, 0.717) is 28.8 Å². The summed E-state index contributed by atoms with van der Waals surface area (Å²) in [6, 6.07) is 9.61. The molecule has 0 aliphatic heterocycles. The number of hydrogen-bond donors (Lipinski definition) is 1. The number of benzene rings is 1. The standard InChI is InChI=1S/C13H11ClN4.2C2H6/c1-9-11(6-15)8-17-13(18-9)16-7-10-4-2-3-5-12(10)14;2*1-2/h2-5,8H,7H2,1H3,(H,16,17,18);2*1-2H3. The lowest BCUT2D eigenvalue weighted by Crippen LogP contribution is -2.05. The van der Waals surface area contributed by atoms with Crippen LogP contribution in [-0.2, 0) is 6.54 Å². The van der Waals surface area contributed by atoms with Gasteiger partial charge in [-0.1, -0.05) is 57.5 Å². The van der Waals surface area contributed by atoms with Crippen LogP contribution in [0.15, 0.2) is 30.5 Å². The Morgan fingerprint density at radius 2 is 1.82 bits per heavy atom. The number of aryl methyl sites for hydroxylation is 1. The lowest BCUT2D eigenvalue weighted by Gasteiger charge is -2.07. The highest BCUT2D eigenvalue weighted by molar-refractivity contribution is 6.31. The average molecular weight is 319 g/mol. The molecule has 4 nitrogen and oxygen atoms in total. The van der Waals surface area contributed by atoms with Gasteiger partial charge in [-0.25, -0.2) is 9.97 Å². The number of halogens is 1. The predicted molar refractivity (Wildman–Crippen MR) is 93.0 cm³/mol. The fourth-order valence-corrected chi connectivity index (χ4v) is 1.68. The summed E-state index contributed by atoms with van der Waals surface area (Å²) in [5.74, 6) is 0.492. The SMILES string of the molecule is CC.CC.Cc1nc(NCc2ccccc2Cl)ncc1C#N. The maximum Gasteiger partial charge on any atom is 0.223 e. The Hall–Kier alpha value is -2.12. The van der Waals surface area contributed by atoms with E-state index < -0.39 is 0 Å². The third kappa shape index (κ3) is 6.11. The minimum atomic E-state index is 0.485. The van der Waals surface area contributed by atoms with E-state index in [-0.39, 0.29) is 0 Å². The van der Waals surface area contributed by atoms with E-state index >= 15 is 0 Å². The molecule has 1 N–H and O–H groups in total. The monoisotopic (exact) mass is 318 g/mol. The molecule has 5 heteroatoms. The van der Waals surface area contributed by atoms with E-state index in [4.69, 9.17) is 16.9 Å². The van der Waals surface area contributed by atoms with Gasteiger partial charge in [-0.3, -0.25) is 0 Å². The Bertz CT molecular complexity index is 606. The highest BCUT2D eigenvalue weighted by Crippen LogP contribution is 2.16. The van der Waals surface area contributed by atoms with Gasteiger partial charge >= 0.3 is 0 Å². The average Bonchev–Trinajstić information content (AvgIpc) is 2.58. The van der Waals surface area contributed by atoms with Crippen molar-refractivity contribution in [3.63, 3.8) is 0 Å². The first-order chi connectivity index (χ1) is 10.7. The maximum absolute atomic E-state index is 8.79. The third-order valence-electron chi connectivity index (χ3n) is 2.49. The molecule has 0 fully saturated rings. The van der Waals surface area contributed by atoms with Crippen LogP contribution in [0.4, 0.5) is 5.95 Å². The second-order valence-electron chi connectivity index (χ2n) is 3.75. The minimum Gasteiger partial charge on any atom is -0.350 e. The van der Waals surface area contributed by atoms with Crippen LogP contribution in [0.1, 0.15) is 44.5 Å². The van der Waals surface area contributed by atoms with Crippen LogP contribution >= 0.6 is 11.6 Å². The van der Waals surface area contributed by atoms with Gasteiger partial charge in [0.2, 0.25) is 5.95 Å². The van der Waals surface area contributed by atoms with Crippen molar-refractivity contribution in [3.05, 3.63) is 52.3 Å². The normalized spacial score (nSPS) is 8.59. The van der Waals surface area contributed by atoms with Crippen LogP contribution in [0.25, 0.3) is 0 Å². The van der Waals surface area contributed by atoms with Crippen molar-refractivity contribution in [2.75, 3.05) is 5.32 Å². The molecule has 0 spiro atoms. The number of nitrogens with one attached hydrogen (secondary N) is 1. The summed E-state index contributed by atoms with van der Waals surface area (Å²) in [4.78, 5) is 8.27. The quantitative estimate of drug-likeness (QED) is 0.867. The largest absolute Gasteiger partial charge is 0.350 e. The Balaban J connectivity index is 0.00000102. The minimum absolute atomic E-state index is 0.485. The van der Waals surface area contributed by atoms with Crippen molar-refractivity contribution >= 4 is 17.5 Å². The molecule has 0 saturated heterocycles. The Labute approximate surface area is 138 Å². The third-order valence-corrected chi connectivity index (χ3v) is 2.86. The molecule has 0 saturated carbocycles. The van der Waals surface area contributed by atoms with Crippen LogP contribution in [0, 0.1) is 18.3 Å². The topological polar surface area (TPSA) is 61.6 Å². The molecule has 0 bridgehead atoms. The zero-order chi connectivity index (χ0) is 17.0. The molecule has 0 aliphatic rings. The van der Waals surface area contributed by atoms with Crippen LogP contribution in [-0.4, -0.2) is 9.97 Å². The summed E-state index contributed by atoms with van der Waals surface area (Å²) in [6.07, 6.45) is 1.51. The summed E-state index contributed by atoms with van der Waals surface area (Å²) < 4.78 is 0. The van der Waals surface area contributed by atoms with Crippen LogP contribution in [0.5, 0.6) is 0 Å². The molecule has 2 aromatic rings. The lowest BCUT2D eigenvalue weighted by molar-refractivity contribution is 1.02. The first-order valence-corrected chi connectivity index (χ1v) is 7.79. The molecule has 118 valence electrons. The Morgan fingerprint density at radius 1 is 1.18 bits per heavy atom. The molecule has 0 atom stereocenters. The van der Waals surface area contributed by atoms with E-state index in [9.17, 15) is 0 Å². The van der Waals surface area contributed by atoms with Gasteiger partial charge in [-0.05, 0) is 18.6 Å². The van der Waals surface area contributed by atoms with Gasteiger partial charge < -0.3 is 5.32 Å².